The van der Waals surface area contributed by atoms with E-state index in [-0.39, 0.29) is 17.8 Å². The molecule has 128 valence electrons. The number of halogens is 1. The fourth-order valence-corrected chi connectivity index (χ4v) is 3.58. The Bertz CT molecular complexity index is 657. The summed E-state index contributed by atoms with van der Waals surface area (Å²) in [6.45, 7) is 1.94. The molecule has 1 N–H and O–H groups in total. The third-order valence-corrected chi connectivity index (χ3v) is 5.12. The van der Waals surface area contributed by atoms with Gasteiger partial charge >= 0.3 is 6.03 Å². The first-order valence-electron chi connectivity index (χ1n) is 8.16. The Morgan fingerprint density at radius 2 is 2.04 bits per heavy atom. The van der Waals surface area contributed by atoms with Gasteiger partial charge in [-0.25, -0.2) is 9.18 Å². The predicted molar refractivity (Wildman–Crippen MR) is 94.0 cm³/mol. The molecule has 2 aromatic rings. The van der Waals surface area contributed by atoms with Crippen molar-refractivity contribution in [2.24, 2.45) is 0 Å². The molecule has 0 unspecified atom stereocenters. The first kappa shape index (κ1) is 16.9. The van der Waals surface area contributed by atoms with E-state index in [9.17, 15) is 9.18 Å². The summed E-state index contributed by atoms with van der Waals surface area (Å²) >= 11 is 1.69. The van der Waals surface area contributed by atoms with Crippen molar-refractivity contribution in [1.29, 1.82) is 0 Å². The number of thiophene rings is 1. The molecule has 1 aliphatic rings. The number of hydrogen-bond acceptors (Lipinski definition) is 3. The van der Waals surface area contributed by atoms with Crippen LogP contribution in [0.2, 0.25) is 0 Å². The van der Waals surface area contributed by atoms with Crippen LogP contribution in [0.1, 0.15) is 17.7 Å². The Balaban J connectivity index is 1.69. The van der Waals surface area contributed by atoms with Crippen LogP contribution in [-0.4, -0.2) is 36.7 Å². The Morgan fingerprint density at radius 1 is 1.25 bits per heavy atom. The van der Waals surface area contributed by atoms with Crippen LogP contribution in [0.4, 0.5) is 14.9 Å². The van der Waals surface area contributed by atoms with Crippen molar-refractivity contribution in [3.8, 4) is 0 Å². The number of para-hydroxylation sites is 1. The molecule has 1 aromatic heterocycles. The molecule has 3 rings (SSSR count). The van der Waals surface area contributed by atoms with Crippen LogP contribution >= 0.6 is 11.3 Å². The van der Waals surface area contributed by atoms with E-state index in [2.05, 4.69) is 11.4 Å². The molecular formula is C18H21FN2O2S. The van der Waals surface area contributed by atoms with E-state index in [0.29, 0.717) is 19.8 Å². The Kier molecular flexibility index (Phi) is 5.82. The molecule has 0 atom stereocenters. The smallest absolute Gasteiger partial charge is 0.322 e. The van der Waals surface area contributed by atoms with Crippen molar-refractivity contribution in [3.05, 3.63) is 52.5 Å². The lowest BCUT2D eigenvalue weighted by Gasteiger charge is -2.34. The van der Waals surface area contributed by atoms with Crippen LogP contribution in [0.15, 0.2) is 41.8 Å². The number of hydrogen-bond donors (Lipinski definition) is 1. The largest absolute Gasteiger partial charge is 0.381 e. The summed E-state index contributed by atoms with van der Waals surface area (Å²) in [4.78, 5) is 15.8. The summed E-state index contributed by atoms with van der Waals surface area (Å²) in [5, 5.41) is 4.75. The van der Waals surface area contributed by atoms with E-state index in [1.54, 1.807) is 29.5 Å². The summed E-state index contributed by atoms with van der Waals surface area (Å²) in [6.07, 6.45) is 2.43. The average Bonchev–Trinajstić information content (AvgIpc) is 3.12. The van der Waals surface area contributed by atoms with Gasteiger partial charge in [0.05, 0.1) is 5.69 Å². The molecule has 4 nitrogen and oxygen atoms in total. The number of carbonyl (C=O) groups excluding carboxylic acids is 1. The Hall–Kier alpha value is -1.92. The maximum atomic E-state index is 13.8. The normalized spacial score (nSPS) is 15.2. The van der Waals surface area contributed by atoms with Crippen LogP contribution in [0, 0.1) is 5.82 Å². The van der Waals surface area contributed by atoms with Crippen molar-refractivity contribution < 1.29 is 13.9 Å². The van der Waals surface area contributed by atoms with Gasteiger partial charge in [-0.2, -0.15) is 0 Å². The SMILES string of the molecule is O=C(Nc1ccccc1F)N(CCc1cccs1)C1CCOCC1. The van der Waals surface area contributed by atoms with Gasteiger partial charge in [-0.3, -0.25) is 0 Å². The molecule has 0 radical (unpaired) electrons. The van der Waals surface area contributed by atoms with Gasteiger partial charge in [0.25, 0.3) is 0 Å². The van der Waals surface area contributed by atoms with E-state index < -0.39 is 5.82 Å². The van der Waals surface area contributed by atoms with E-state index in [1.165, 1.54) is 10.9 Å². The average molecular weight is 348 g/mol. The van der Waals surface area contributed by atoms with Crippen molar-refractivity contribution in [2.45, 2.75) is 25.3 Å². The molecule has 1 aromatic carbocycles. The number of benzene rings is 1. The van der Waals surface area contributed by atoms with Gasteiger partial charge in [-0.05, 0) is 42.8 Å². The van der Waals surface area contributed by atoms with Crippen LogP contribution in [0.5, 0.6) is 0 Å². The third kappa shape index (κ3) is 4.33. The first-order chi connectivity index (χ1) is 11.7. The Morgan fingerprint density at radius 3 is 2.75 bits per heavy atom. The van der Waals surface area contributed by atoms with Crippen molar-refractivity contribution in [2.75, 3.05) is 25.1 Å². The van der Waals surface area contributed by atoms with Gasteiger partial charge in [0, 0.05) is 30.7 Å². The third-order valence-electron chi connectivity index (χ3n) is 4.19. The highest BCUT2D eigenvalue weighted by atomic mass is 32.1. The maximum Gasteiger partial charge on any atom is 0.322 e. The van der Waals surface area contributed by atoms with Gasteiger partial charge in [0.15, 0.2) is 0 Å². The summed E-state index contributed by atoms with van der Waals surface area (Å²) < 4.78 is 19.2. The lowest BCUT2D eigenvalue weighted by molar-refractivity contribution is 0.0483. The van der Waals surface area contributed by atoms with E-state index >= 15 is 0 Å². The lowest BCUT2D eigenvalue weighted by Crippen LogP contribution is -2.46. The molecule has 1 saturated heterocycles. The van der Waals surface area contributed by atoms with Gasteiger partial charge in [-0.1, -0.05) is 18.2 Å². The second-order valence-electron chi connectivity index (χ2n) is 5.78. The van der Waals surface area contributed by atoms with Crippen molar-refractivity contribution >= 4 is 23.1 Å². The maximum absolute atomic E-state index is 13.8. The molecule has 1 aliphatic heterocycles. The molecule has 2 amide bonds. The van der Waals surface area contributed by atoms with Gasteiger partial charge in [0.1, 0.15) is 5.82 Å². The highest BCUT2D eigenvalue weighted by molar-refractivity contribution is 7.09. The quantitative estimate of drug-likeness (QED) is 0.882. The molecule has 2 heterocycles. The second kappa shape index (κ2) is 8.26. The van der Waals surface area contributed by atoms with Crippen molar-refractivity contribution in [1.82, 2.24) is 4.90 Å². The van der Waals surface area contributed by atoms with Gasteiger partial charge < -0.3 is 15.0 Å². The second-order valence-corrected chi connectivity index (χ2v) is 6.81. The predicted octanol–water partition coefficient (Wildman–Crippen LogP) is 4.14. The monoisotopic (exact) mass is 348 g/mol. The van der Waals surface area contributed by atoms with Crippen molar-refractivity contribution in [3.63, 3.8) is 0 Å². The number of nitrogens with zero attached hydrogens (tertiary/aromatic N) is 1. The Labute approximate surface area is 145 Å². The summed E-state index contributed by atoms with van der Waals surface area (Å²) in [5.74, 6) is -0.420. The number of carbonyl (C=O) groups is 1. The molecule has 0 aliphatic carbocycles. The number of urea groups is 1. The molecule has 24 heavy (non-hydrogen) atoms. The first-order valence-corrected chi connectivity index (χ1v) is 9.04. The van der Waals surface area contributed by atoms with E-state index in [0.717, 1.165) is 19.3 Å². The molecule has 1 fully saturated rings. The number of anilines is 1. The van der Waals surface area contributed by atoms with Crippen LogP contribution in [0.25, 0.3) is 0 Å². The highest BCUT2D eigenvalue weighted by Gasteiger charge is 2.26. The number of rotatable bonds is 5. The molecule has 0 bridgehead atoms. The topological polar surface area (TPSA) is 41.6 Å². The number of nitrogens with one attached hydrogen (secondary N) is 1. The highest BCUT2D eigenvalue weighted by Crippen LogP contribution is 2.19. The van der Waals surface area contributed by atoms with Gasteiger partial charge in [-0.15, -0.1) is 11.3 Å². The number of amides is 2. The summed E-state index contributed by atoms with van der Waals surface area (Å²) in [6, 6.07) is 10.2. The minimum Gasteiger partial charge on any atom is -0.381 e. The lowest BCUT2D eigenvalue weighted by atomic mass is 10.1. The zero-order valence-corrected chi connectivity index (χ0v) is 14.2. The van der Waals surface area contributed by atoms with Crippen LogP contribution in [-0.2, 0) is 11.2 Å². The molecule has 6 heteroatoms. The zero-order chi connectivity index (χ0) is 16.8. The molecular weight excluding hydrogens is 327 g/mol. The standard InChI is InChI=1S/C18H21FN2O2S/c19-16-5-1-2-6-17(16)20-18(22)21(14-8-11-23-12-9-14)10-7-15-4-3-13-24-15/h1-6,13-14H,7-12H2,(H,20,22). The minimum atomic E-state index is -0.420. The summed E-state index contributed by atoms with van der Waals surface area (Å²) in [7, 11) is 0. The van der Waals surface area contributed by atoms with E-state index in [1.807, 2.05) is 16.3 Å². The van der Waals surface area contributed by atoms with Crippen LogP contribution in [0.3, 0.4) is 0 Å². The molecule has 0 spiro atoms. The summed E-state index contributed by atoms with van der Waals surface area (Å²) in [5.41, 5.74) is 0.218. The van der Waals surface area contributed by atoms with E-state index in [4.69, 9.17) is 4.74 Å². The fourth-order valence-electron chi connectivity index (χ4n) is 2.88. The minimum absolute atomic E-state index is 0.130. The molecule has 0 saturated carbocycles. The zero-order valence-electron chi connectivity index (χ0n) is 13.4. The van der Waals surface area contributed by atoms with Crippen LogP contribution < -0.4 is 5.32 Å². The fraction of sp³-hybridized carbons (Fsp3) is 0.389. The van der Waals surface area contributed by atoms with Gasteiger partial charge in [0.2, 0.25) is 0 Å². The number of ether oxygens (including phenoxy) is 1.